The molecule has 30 heavy (non-hydrogen) atoms. The Labute approximate surface area is 176 Å². The Kier molecular flexibility index (Phi) is 5.84. The number of urea groups is 1. The number of fused-ring (bicyclic) bond motifs is 1. The van der Waals surface area contributed by atoms with E-state index in [2.05, 4.69) is 21.6 Å². The molecule has 6 heteroatoms. The summed E-state index contributed by atoms with van der Waals surface area (Å²) < 4.78 is 0. The fourth-order valence-corrected chi connectivity index (χ4v) is 3.76. The molecule has 1 aliphatic rings. The molecule has 1 heterocycles. The van der Waals surface area contributed by atoms with Crippen LogP contribution in [0.15, 0.2) is 66.7 Å². The molecule has 1 fully saturated rings. The summed E-state index contributed by atoms with van der Waals surface area (Å²) in [5.41, 5.74) is 2.59. The van der Waals surface area contributed by atoms with Gasteiger partial charge in [0.1, 0.15) is 0 Å². The zero-order valence-electron chi connectivity index (χ0n) is 17.1. The standard InChI is InChI=1S/C24H26N4O2/c1-2-25-24(30)26-21-9-11-22(12-10-21)27-13-15-28(16-14-27)23(29)20-8-7-18-5-3-4-6-19(18)17-20/h3-12,17H,2,13-16H2,1H3,(H2,25,26,30). The average molecular weight is 402 g/mol. The number of hydrogen-bond acceptors (Lipinski definition) is 3. The highest BCUT2D eigenvalue weighted by Gasteiger charge is 2.22. The predicted octanol–water partition coefficient (Wildman–Crippen LogP) is 3.94. The third-order valence-corrected chi connectivity index (χ3v) is 5.39. The second kappa shape index (κ2) is 8.86. The van der Waals surface area contributed by atoms with Crippen LogP contribution in [0.25, 0.3) is 10.8 Å². The van der Waals surface area contributed by atoms with Gasteiger partial charge in [0.2, 0.25) is 0 Å². The normalized spacial score (nSPS) is 13.9. The van der Waals surface area contributed by atoms with Crippen LogP contribution in [-0.2, 0) is 0 Å². The Morgan fingerprint density at radius 2 is 1.57 bits per heavy atom. The summed E-state index contributed by atoms with van der Waals surface area (Å²) in [5, 5.41) is 7.75. The molecule has 154 valence electrons. The zero-order valence-corrected chi connectivity index (χ0v) is 17.1. The number of nitrogens with zero attached hydrogens (tertiary/aromatic N) is 2. The minimum atomic E-state index is -0.203. The first-order valence-corrected chi connectivity index (χ1v) is 10.3. The summed E-state index contributed by atoms with van der Waals surface area (Å²) in [6.45, 7) is 5.40. The van der Waals surface area contributed by atoms with E-state index in [1.807, 2.05) is 72.5 Å². The number of carbonyl (C=O) groups is 2. The smallest absolute Gasteiger partial charge is 0.319 e. The summed E-state index contributed by atoms with van der Waals surface area (Å²) in [5.74, 6) is 0.0851. The van der Waals surface area contributed by atoms with Crippen LogP contribution in [0.2, 0.25) is 0 Å². The van der Waals surface area contributed by atoms with E-state index in [4.69, 9.17) is 0 Å². The van der Waals surface area contributed by atoms with Gasteiger partial charge in [-0.25, -0.2) is 4.79 Å². The molecule has 1 saturated heterocycles. The molecule has 0 radical (unpaired) electrons. The molecule has 0 saturated carbocycles. The number of carbonyl (C=O) groups excluding carboxylic acids is 2. The van der Waals surface area contributed by atoms with Crippen molar-refractivity contribution in [2.75, 3.05) is 42.9 Å². The van der Waals surface area contributed by atoms with E-state index in [1.165, 1.54) is 0 Å². The van der Waals surface area contributed by atoms with Crippen molar-refractivity contribution in [2.45, 2.75) is 6.92 Å². The van der Waals surface area contributed by atoms with Gasteiger partial charge in [-0.1, -0.05) is 30.3 Å². The van der Waals surface area contributed by atoms with Crippen LogP contribution in [0.3, 0.4) is 0 Å². The lowest BCUT2D eigenvalue weighted by atomic mass is 10.1. The highest BCUT2D eigenvalue weighted by Crippen LogP contribution is 2.21. The molecule has 0 unspecified atom stereocenters. The number of nitrogens with one attached hydrogen (secondary N) is 2. The molecule has 2 N–H and O–H groups in total. The minimum absolute atomic E-state index is 0.0851. The number of hydrogen-bond donors (Lipinski definition) is 2. The molecule has 0 aliphatic carbocycles. The van der Waals surface area contributed by atoms with Gasteiger partial charge in [-0.3, -0.25) is 4.79 Å². The maximum atomic E-state index is 12.9. The quantitative estimate of drug-likeness (QED) is 0.695. The number of anilines is 2. The van der Waals surface area contributed by atoms with E-state index in [1.54, 1.807) is 0 Å². The molecule has 6 nitrogen and oxygen atoms in total. The second-order valence-corrected chi connectivity index (χ2v) is 7.37. The van der Waals surface area contributed by atoms with Crippen LogP contribution in [0, 0.1) is 0 Å². The Bertz CT molecular complexity index is 1040. The van der Waals surface area contributed by atoms with Crippen molar-refractivity contribution < 1.29 is 9.59 Å². The van der Waals surface area contributed by atoms with Gasteiger partial charge >= 0.3 is 6.03 Å². The number of rotatable bonds is 4. The number of amides is 3. The lowest BCUT2D eigenvalue weighted by Gasteiger charge is -2.36. The van der Waals surface area contributed by atoms with Crippen molar-refractivity contribution >= 4 is 34.1 Å². The fourth-order valence-electron chi connectivity index (χ4n) is 3.76. The van der Waals surface area contributed by atoms with E-state index in [0.29, 0.717) is 19.6 Å². The van der Waals surface area contributed by atoms with Gasteiger partial charge in [-0.2, -0.15) is 0 Å². The molecule has 3 aromatic rings. The highest BCUT2D eigenvalue weighted by atomic mass is 16.2. The van der Waals surface area contributed by atoms with E-state index in [0.717, 1.165) is 40.8 Å². The lowest BCUT2D eigenvalue weighted by molar-refractivity contribution is 0.0747. The SMILES string of the molecule is CCNC(=O)Nc1ccc(N2CCN(C(=O)c3ccc4ccccc4c3)CC2)cc1. The van der Waals surface area contributed by atoms with E-state index >= 15 is 0 Å². The summed E-state index contributed by atoms with van der Waals surface area (Å²) in [4.78, 5) is 28.8. The Morgan fingerprint density at radius 3 is 2.27 bits per heavy atom. The van der Waals surface area contributed by atoms with Crippen LogP contribution in [-0.4, -0.2) is 49.6 Å². The van der Waals surface area contributed by atoms with Gasteiger partial charge in [-0.05, 0) is 54.1 Å². The van der Waals surface area contributed by atoms with Crippen molar-refractivity contribution in [3.63, 3.8) is 0 Å². The molecular weight excluding hydrogens is 376 g/mol. The number of piperazine rings is 1. The first kappa shape index (κ1) is 19.8. The minimum Gasteiger partial charge on any atom is -0.368 e. The molecule has 0 spiro atoms. The van der Waals surface area contributed by atoms with E-state index in [9.17, 15) is 9.59 Å². The average Bonchev–Trinajstić information content (AvgIpc) is 2.79. The van der Waals surface area contributed by atoms with Gasteiger partial charge < -0.3 is 20.4 Å². The Morgan fingerprint density at radius 1 is 0.867 bits per heavy atom. The molecule has 4 rings (SSSR count). The maximum absolute atomic E-state index is 12.9. The molecule has 3 amide bonds. The number of benzene rings is 3. The van der Waals surface area contributed by atoms with Crippen molar-refractivity contribution in [3.05, 3.63) is 72.3 Å². The van der Waals surface area contributed by atoms with Crippen LogP contribution in [0.1, 0.15) is 17.3 Å². The first-order valence-electron chi connectivity index (χ1n) is 10.3. The summed E-state index contributed by atoms with van der Waals surface area (Å²) in [6, 6.07) is 21.6. The van der Waals surface area contributed by atoms with Gasteiger partial charge in [0.25, 0.3) is 5.91 Å². The van der Waals surface area contributed by atoms with E-state index < -0.39 is 0 Å². The Balaban J connectivity index is 1.36. The predicted molar refractivity (Wildman–Crippen MR) is 121 cm³/mol. The zero-order chi connectivity index (χ0) is 20.9. The third-order valence-electron chi connectivity index (χ3n) is 5.39. The monoisotopic (exact) mass is 402 g/mol. The molecular formula is C24H26N4O2. The third kappa shape index (κ3) is 4.38. The van der Waals surface area contributed by atoms with Crippen LogP contribution in [0.5, 0.6) is 0 Å². The van der Waals surface area contributed by atoms with Crippen LogP contribution in [0.4, 0.5) is 16.2 Å². The van der Waals surface area contributed by atoms with Gasteiger partial charge in [0.05, 0.1) is 0 Å². The molecule has 0 atom stereocenters. The highest BCUT2D eigenvalue weighted by molar-refractivity contribution is 5.98. The maximum Gasteiger partial charge on any atom is 0.319 e. The van der Waals surface area contributed by atoms with Crippen LogP contribution < -0.4 is 15.5 Å². The fraction of sp³-hybridized carbons (Fsp3) is 0.250. The molecule has 3 aromatic carbocycles. The first-order chi connectivity index (χ1) is 14.6. The molecule has 1 aliphatic heterocycles. The van der Waals surface area contributed by atoms with Crippen LogP contribution >= 0.6 is 0 Å². The molecule has 0 aromatic heterocycles. The molecule has 0 bridgehead atoms. The van der Waals surface area contributed by atoms with Crippen molar-refractivity contribution in [2.24, 2.45) is 0 Å². The largest absolute Gasteiger partial charge is 0.368 e. The van der Waals surface area contributed by atoms with Crippen molar-refractivity contribution in [3.8, 4) is 0 Å². The summed E-state index contributed by atoms with van der Waals surface area (Å²) in [7, 11) is 0. The van der Waals surface area contributed by atoms with Gasteiger partial charge in [0, 0.05) is 49.7 Å². The Hall–Kier alpha value is -3.54. The topological polar surface area (TPSA) is 64.7 Å². The van der Waals surface area contributed by atoms with E-state index in [-0.39, 0.29) is 11.9 Å². The van der Waals surface area contributed by atoms with Gasteiger partial charge in [-0.15, -0.1) is 0 Å². The lowest BCUT2D eigenvalue weighted by Crippen LogP contribution is -2.48. The summed E-state index contributed by atoms with van der Waals surface area (Å²) in [6.07, 6.45) is 0. The van der Waals surface area contributed by atoms with Crippen molar-refractivity contribution in [1.29, 1.82) is 0 Å². The summed E-state index contributed by atoms with van der Waals surface area (Å²) >= 11 is 0. The van der Waals surface area contributed by atoms with Crippen molar-refractivity contribution in [1.82, 2.24) is 10.2 Å². The second-order valence-electron chi connectivity index (χ2n) is 7.37. The van der Waals surface area contributed by atoms with Gasteiger partial charge in [0.15, 0.2) is 0 Å².